The summed E-state index contributed by atoms with van der Waals surface area (Å²) >= 11 is 0. The molecule has 3 heteroatoms. The summed E-state index contributed by atoms with van der Waals surface area (Å²) in [5, 5.41) is 2.85. The van der Waals surface area contributed by atoms with Gasteiger partial charge in [0.05, 0.1) is 18.8 Å². The van der Waals surface area contributed by atoms with Crippen molar-refractivity contribution >= 4 is 5.91 Å². The highest BCUT2D eigenvalue weighted by atomic mass is 16.5. The predicted octanol–water partition coefficient (Wildman–Crippen LogP) is 0.690. The van der Waals surface area contributed by atoms with Crippen LogP contribution in [0.5, 0.6) is 0 Å². The lowest BCUT2D eigenvalue weighted by Crippen LogP contribution is -2.30. The van der Waals surface area contributed by atoms with Gasteiger partial charge in [-0.2, -0.15) is 0 Å². The van der Waals surface area contributed by atoms with E-state index in [0.29, 0.717) is 13.0 Å². The molecule has 1 rings (SSSR count). The Balaban J connectivity index is 2.13. The second-order valence-corrected chi connectivity index (χ2v) is 3.19. The summed E-state index contributed by atoms with van der Waals surface area (Å²) in [5.41, 5.74) is 0. The van der Waals surface area contributed by atoms with E-state index in [0.717, 1.165) is 6.42 Å². The summed E-state index contributed by atoms with van der Waals surface area (Å²) < 4.78 is 5.36. The zero-order valence-corrected chi connectivity index (χ0v) is 7.09. The molecular weight excluding hydrogens is 142 g/mol. The van der Waals surface area contributed by atoms with Crippen molar-refractivity contribution in [3.63, 3.8) is 0 Å². The van der Waals surface area contributed by atoms with E-state index in [1.807, 2.05) is 13.8 Å². The van der Waals surface area contributed by atoms with Crippen molar-refractivity contribution in [3.8, 4) is 0 Å². The fourth-order valence-corrected chi connectivity index (χ4v) is 1.11. The van der Waals surface area contributed by atoms with Gasteiger partial charge in [0.2, 0.25) is 5.91 Å². The second kappa shape index (κ2) is 3.72. The van der Waals surface area contributed by atoms with Crippen molar-refractivity contribution in [3.05, 3.63) is 0 Å². The Kier molecular flexibility index (Phi) is 2.88. The van der Waals surface area contributed by atoms with Gasteiger partial charge in [-0.1, -0.05) is 0 Å². The lowest BCUT2D eigenvalue weighted by molar-refractivity contribution is -0.119. The summed E-state index contributed by atoms with van der Waals surface area (Å²) in [6.07, 6.45) is 1.84. The molecule has 0 bridgehead atoms. The molecule has 1 heterocycles. The molecule has 64 valence electrons. The molecule has 0 spiro atoms. The van der Waals surface area contributed by atoms with Crippen molar-refractivity contribution in [2.45, 2.75) is 38.8 Å². The highest BCUT2D eigenvalue weighted by Crippen LogP contribution is 2.07. The summed E-state index contributed by atoms with van der Waals surface area (Å²) in [4.78, 5) is 10.7. The number of carbonyl (C=O) groups is 1. The van der Waals surface area contributed by atoms with Crippen LogP contribution in [0.2, 0.25) is 0 Å². The fourth-order valence-electron chi connectivity index (χ4n) is 1.11. The maximum atomic E-state index is 10.7. The van der Waals surface area contributed by atoms with Crippen LogP contribution in [0.15, 0.2) is 0 Å². The normalized spacial score (nSPS) is 24.3. The second-order valence-electron chi connectivity index (χ2n) is 3.19. The van der Waals surface area contributed by atoms with Gasteiger partial charge in [-0.25, -0.2) is 0 Å². The fraction of sp³-hybridized carbons (Fsp3) is 0.875. The van der Waals surface area contributed by atoms with E-state index in [9.17, 15) is 4.79 Å². The van der Waals surface area contributed by atoms with E-state index in [1.165, 1.54) is 0 Å². The third-order valence-corrected chi connectivity index (χ3v) is 1.72. The molecule has 0 radical (unpaired) electrons. The topological polar surface area (TPSA) is 38.3 Å². The minimum absolute atomic E-state index is 0.155. The highest BCUT2D eigenvalue weighted by Gasteiger charge is 2.20. The number of hydrogen-bond donors (Lipinski definition) is 1. The Morgan fingerprint density at radius 1 is 1.73 bits per heavy atom. The Labute approximate surface area is 67.1 Å². The molecule has 1 aliphatic rings. The summed E-state index contributed by atoms with van der Waals surface area (Å²) in [7, 11) is 0. The lowest BCUT2D eigenvalue weighted by atomic mass is 10.2. The third kappa shape index (κ3) is 2.89. The van der Waals surface area contributed by atoms with Crippen LogP contribution in [-0.2, 0) is 9.53 Å². The highest BCUT2D eigenvalue weighted by molar-refractivity contribution is 5.78. The maximum absolute atomic E-state index is 10.7. The molecule has 0 unspecified atom stereocenters. The molecule has 1 fully saturated rings. The molecule has 0 aromatic rings. The summed E-state index contributed by atoms with van der Waals surface area (Å²) in [5.74, 6) is 0.155. The van der Waals surface area contributed by atoms with Gasteiger partial charge in [0, 0.05) is 6.42 Å². The predicted molar refractivity (Wildman–Crippen MR) is 42.3 cm³/mol. The number of rotatable bonds is 3. The van der Waals surface area contributed by atoms with Crippen molar-refractivity contribution < 1.29 is 9.53 Å². The van der Waals surface area contributed by atoms with Crippen LogP contribution < -0.4 is 5.32 Å². The molecule has 3 nitrogen and oxygen atoms in total. The molecule has 1 amide bonds. The van der Waals surface area contributed by atoms with E-state index < -0.39 is 0 Å². The van der Waals surface area contributed by atoms with Crippen molar-refractivity contribution in [2.75, 3.05) is 6.61 Å². The van der Waals surface area contributed by atoms with Gasteiger partial charge in [0.25, 0.3) is 0 Å². The largest absolute Gasteiger partial charge is 0.377 e. The molecule has 0 aromatic carbocycles. The van der Waals surface area contributed by atoms with Crippen molar-refractivity contribution in [1.82, 2.24) is 5.32 Å². The van der Waals surface area contributed by atoms with E-state index in [-0.39, 0.29) is 18.1 Å². The Bertz CT molecular complexity index is 145. The quantitative estimate of drug-likeness (QED) is 0.654. The van der Waals surface area contributed by atoms with Crippen molar-refractivity contribution in [2.24, 2.45) is 0 Å². The number of hydrogen-bond acceptors (Lipinski definition) is 2. The van der Waals surface area contributed by atoms with Gasteiger partial charge >= 0.3 is 0 Å². The standard InChI is InChI=1S/C8H15NO2/c1-6(2)11-5-7-3-4-8(10)9-7/h6-7H,3-5H2,1-2H3,(H,9,10)/t7-/m0/s1. The average Bonchev–Trinajstić information content (AvgIpc) is 2.31. The number of nitrogens with one attached hydrogen (secondary N) is 1. The molecular formula is C8H15NO2. The first kappa shape index (κ1) is 8.53. The number of ether oxygens (including phenoxy) is 1. The molecule has 1 saturated heterocycles. The molecule has 0 saturated carbocycles. The molecule has 11 heavy (non-hydrogen) atoms. The van der Waals surface area contributed by atoms with Gasteiger partial charge in [-0.05, 0) is 20.3 Å². The van der Waals surface area contributed by atoms with Crippen LogP contribution in [0.25, 0.3) is 0 Å². The zero-order valence-electron chi connectivity index (χ0n) is 7.09. The minimum atomic E-state index is 0.155. The van der Waals surface area contributed by atoms with Gasteiger partial charge in [-0.3, -0.25) is 4.79 Å². The first-order chi connectivity index (χ1) is 5.18. The van der Waals surface area contributed by atoms with E-state index in [2.05, 4.69) is 5.32 Å². The van der Waals surface area contributed by atoms with E-state index in [1.54, 1.807) is 0 Å². The smallest absolute Gasteiger partial charge is 0.220 e. The molecule has 0 aromatic heterocycles. The lowest BCUT2D eigenvalue weighted by Gasteiger charge is -2.12. The Morgan fingerprint density at radius 2 is 2.45 bits per heavy atom. The van der Waals surface area contributed by atoms with Crippen LogP contribution in [-0.4, -0.2) is 24.7 Å². The molecule has 1 N–H and O–H groups in total. The van der Waals surface area contributed by atoms with Gasteiger partial charge in [-0.15, -0.1) is 0 Å². The Morgan fingerprint density at radius 3 is 2.91 bits per heavy atom. The van der Waals surface area contributed by atoms with Crippen LogP contribution in [0.3, 0.4) is 0 Å². The van der Waals surface area contributed by atoms with Gasteiger partial charge in [0.1, 0.15) is 0 Å². The monoisotopic (exact) mass is 157 g/mol. The van der Waals surface area contributed by atoms with Gasteiger partial charge < -0.3 is 10.1 Å². The SMILES string of the molecule is CC(C)OC[C@@H]1CCC(=O)N1. The number of amides is 1. The van der Waals surface area contributed by atoms with Crippen molar-refractivity contribution in [1.29, 1.82) is 0 Å². The third-order valence-electron chi connectivity index (χ3n) is 1.72. The summed E-state index contributed by atoms with van der Waals surface area (Å²) in [6.45, 7) is 4.65. The summed E-state index contributed by atoms with van der Waals surface area (Å²) in [6, 6.07) is 0.255. The minimum Gasteiger partial charge on any atom is -0.377 e. The maximum Gasteiger partial charge on any atom is 0.220 e. The van der Waals surface area contributed by atoms with Crippen LogP contribution in [0, 0.1) is 0 Å². The first-order valence-electron chi connectivity index (χ1n) is 4.09. The molecule has 1 aliphatic heterocycles. The van der Waals surface area contributed by atoms with E-state index in [4.69, 9.17) is 4.74 Å². The Hall–Kier alpha value is -0.570. The molecule has 1 atom stereocenters. The zero-order chi connectivity index (χ0) is 8.27. The van der Waals surface area contributed by atoms with E-state index >= 15 is 0 Å². The van der Waals surface area contributed by atoms with Crippen LogP contribution >= 0.6 is 0 Å². The van der Waals surface area contributed by atoms with Gasteiger partial charge in [0.15, 0.2) is 0 Å². The average molecular weight is 157 g/mol. The number of carbonyl (C=O) groups excluding carboxylic acids is 1. The molecule has 0 aliphatic carbocycles. The van der Waals surface area contributed by atoms with Crippen LogP contribution in [0.1, 0.15) is 26.7 Å². The first-order valence-corrected chi connectivity index (χ1v) is 4.09. The van der Waals surface area contributed by atoms with Crippen LogP contribution in [0.4, 0.5) is 0 Å².